The Bertz CT molecular complexity index is 555. The van der Waals surface area contributed by atoms with Gasteiger partial charge in [-0.15, -0.1) is 0 Å². The number of rotatable bonds is 5. The molecule has 0 bridgehead atoms. The van der Waals surface area contributed by atoms with E-state index in [4.69, 9.17) is 5.73 Å². The quantitative estimate of drug-likeness (QED) is 0.659. The highest BCUT2D eigenvalue weighted by molar-refractivity contribution is 5.40. The van der Waals surface area contributed by atoms with Crippen molar-refractivity contribution in [1.82, 2.24) is 0 Å². The molecule has 0 radical (unpaired) electrons. The standard InChI is InChI=1S/C15H16N2O2/c16-14(12-6-2-1-3-7-12)11-10-13-8-4-5-9-15(13)17(18)19/h1-9,14H,10-11,16H2. The van der Waals surface area contributed by atoms with Gasteiger partial charge in [0.25, 0.3) is 5.69 Å². The molecule has 0 aliphatic rings. The Kier molecular flexibility index (Phi) is 4.26. The Morgan fingerprint density at radius 1 is 1.05 bits per heavy atom. The Hall–Kier alpha value is -2.20. The van der Waals surface area contributed by atoms with Crippen molar-refractivity contribution in [2.75, 3.05) is 0 Å². The molecule has 0 saturated carbocycles. The summed E-state index contributed by atoms with van der Waals surface area (Å²) >= 11 is 0. The molecule has 98 valence electrons. The van der Waals surface area contributed by atoms with Gasteiger partial charge in [0.2, 0.25) is 0 Å². The van der Waals surface area contributed by atoms with E-state index in [1.54, 1.807) is 12.1 Å². The number of aryl methyl sites for hydroxylation is 1. The zero-order chi connectivity index (χ0) is 13.7. The summed E-state index contributed by atoms with van der Waals surface area (Å²) < 4.78 is 0. The zero-order valence-corrected chi connectivity index (χ0v) is 10.5. The molecule has 4 nitrogen and oxygen atoms in total. The van der Waals surface area contributed by atoms with Gasteiger partial charge in [-0.25, -0.2) is 0 Å². The number of benzene rings is 2. The smallest absolute Gasteiger partial charge is 0.272 e. The van der Waals surface area contributed by atoms with Crippen molar-refractivity contribution in [3.8, 4) is 0 Å². The third-order valence-corrected chi connectivity index (χ3v) is 3.14. The van der Waals surface area contributed by atoms with Crippen LogP contribution in [-0.2, 0) is 6.42 Å². The molecule has 4 heteroatoms. The molecule has 0 aliphatic carbocycles. The summed E-state index contributed by atoms with van der Waals surface area (Å²) in [6.45, 7) is 0. The van der Waals surface area contributed by atoms with Crippen molar-refractivity contribution in [3.05, 3.63) is 75.8 Å². The third kappa shape index (κ3) is 3.39. The van der Waals surface area contributed by atoms with E-state index in [9.17, 15) is 10.1 Å². The average molecular weight is 256 g/mol. The number of nitrogens with zero attached hydrogens (tertiary/aromatic N) is 1. The van der Waals surface area contributed by atoms with Crippen molar-refractivity contribution in [1.29, 1.82) is 0 Å². The van der Waals surface area contributed by atoms with Crippen LogP contribution in [0.1, 0.15) is 23.6 Å². The molecule has 2 aromatic carbocycles. The molecule has 1 atom stereocenters. The Labute approximate surface area is 112 Å². The predicted molar refractivity (Wildman–Crippen MR) is 74.8 cm³/mol. The van der Waals surface area contributed by atoms with Crippen molar-refractivity contribution >= 4 is 5.69 Å². The zero-order valence-electron chi connectivity index (χ0n) is 10.5. The summed E-state index contributed by atoms with van der Waals surface area (Å²) in [5.41, 5.74) is 8.06. The molecule has 0 saturated heterocycles. The average Bonchev–Trinajstić information content (AvgIpc) is 2.46. The molecule has 1 unspecified atom stereocenters. The molecule has 2 aromatic rings. The fourth-order valence-electron chi connectivity index (χ4n) is 2.08. The molecule has 0 amide bonds. The van der Waals surface area contributed by atoms with E-state index in [0.29, 0.717) is 12.8 Å². The summed E-state index contributed by atoms with van der Waals surface area (Å²) in [4.78, 5) is 10.6. The van der Waals surface area contributed by atoms with Crippen LogP contribution in [0.25, 0.3) is 0 Å². The molecule has 19 heavy (non-hydrogen) atoms. The lowest BCUT2D eigenvalue weighted by Crippen LogP contribution is -2.11. The molecule has 0 aliphatic heterocycles. The Balaban J connectivity index is 2.05. The van der Waals surface area contributed by atoms with Gasteiger partial charge < -0.3 is 5.73 Å². The summed E-state index contributed by atoms with van der Waals surface area (Å²) in [7, 11) is 0. The second-order valence-electron chi connectivity index (χ2n) is 4.44. The van der Waals surface area contributed by atoms with Crippen LogP contribution in [0.4, 0.5) is 5.69 Å². The van der Waals surface area contributed by atoms with E-state index < -0.39 is 0 Å². The van der Waals surface area contributed by atoms with Gasteiger partial charge in [0.1, 0.15) is 0 Å². The minimum absolute atomic E-state index is 0.0963. The van der Waals surface area contributed by atoms with Crippen LogP contribution in [0, 0.1) is 10.1 Å². The summed E-state index contributed by atoms with van der Waals surface area (Å²) in [6, 6.07) is 16.5. The molecule has 0 fully saturated rings. The number of nitrogens with two attached hydrogens (primary N) is 1. The van der Waals surface area contributed by atoms with Crippen LogP contribution in [0.15, 0.2) is 54.6 Å². The molecule has 2 N–H and O–H groups in total. The highest BCUT2D eigenvalue weighted by Crippen LogP contribution is 2.22. The van der Waals surface area contributed by atoms with Crippen LogP contribution in [0.2, 0.25) is 0 Å². The van der Waals surface area contributed by atoms with Gasteiger partial charge in [-0.3, -0.25) is 10.1 Å². The lowest BCUT2D eigenvalue weighted by molar-refractivity contribution is -0.385. The largest absolute Gasteiger partial charge is 0.324 e. The first kappa shape index (κ1) is 13.2. The van der Waals surface area contributed by atoms with Crippen LogP contribution < -0.4 is 5.73 Å². The normalized spacial score (nSPS) is 12.1. The van der Waals surface area contributed by atoms with Gasteiger partial charge in [-0.2, -0.15) is 0 Å². The van der Waals surface area contributed by atoms with Crippen molar-refractivity contribution in [2.24, 2.45) is 5.73 Å². The number of para-hydroxylation sites is 1. The maximum absolute atomic E-state index is 10.9. The predicted octanol–water partition coefficient (Wildman–Crippen LogP) is 3.23. The molecule has 0 heterocycles. The van der Waals surface area contributed by atoms with Crippen molar-refractivity contribution in [2.45, 2.75) is 18.9 Å². The van der Waals surface area contributed by atoms with E-state index in [0.717, 1.165) is 11.1 Å². The second kappa shape index (κ2) is 6.11. The van der Waals surface area contributed by atoms with Gasteiger partial charge in [0.15, 0.2) is 0 Å². The second-order valence-corrected chi connectivity index (χ2v) is 4.44. The highest BCUT2D eigenvalue weighted by atomic mass is 16.6. The molecule has 0 spiro atoms. The van der Waals surface area contributed by atoms with E-state index in [-0.39, 0.29) is 16.7 Å². The van der Waals surface area contributed by atoms with Crippen LogP contribution >= 0.6 is 0 Å². The Morgan fingerprint density at radius 3 is 2.37 bits per heavy atom. The minimum atomic E-state index is -0.344. The van der Waals surface area contributed by atoms with Crippen LogP contribution in [-0.4, -0.2) is 4.92 Å². The molecule has 2 rings (SSSR count). The number of hydrogen-bond donors (Lipinski definition) is 1. The van der Waals surface area contributed by atoms with Gasteiger partial charge in [-0.05, 0) is 18.4 Å². The van der Waals surface area contributed by atoms with Crippen LogP contribution in [0.5, 0.6) is 0 Å². The van der Waals surface area contributed by atoms with Crippen molar-refractivity contribution in [3.63, 3.8) is 0 Å². The van der Waals surface area contributed by atoms with Crippen LogP contribution in [0.3, 0.4) is 0 Å². The highest BCUT2D eigenvalue weighted by Gasteiger charge is 2.13. The first-order chi connectivity index (χ1) is 9.18. The molecule has 0 aromatic heterocycles. The number of nitro benzene ring substituents is 1. The lowest BCUT2D eigenvalue weighted by Gasteiger charge is -2.11. The number of nitro groups is 1. The maximum Gasteiger partial charge on any atom is 0.272 e. The SMILES string of the molecule is NC(CCc1ccccc1[N+](=O)[O-])c1ccccc1. The molecular weight excluding hydrogens is 240 g/mol. The summed E-state index contributed by atoms with van der Waals surface area (Å²) in [5, 5.41) is 10.9. The van der Waals surface area contributed by atoms with Gasteiger partial charge >= 0.3 is 0 Å². The van der Waals surface area contributed by atoms with E-state index in [2.05, 4.69) is 0 Å². The minimum Gasteiger partial charge on any atom is -0.324 e. The topological polar surface area (TPSA) is 69.2 Å². The van der Waals surface area contributed by atoms with Gasteiger partial charge in [0, 0.05) is 17.7 Å². The monoisotopic (exact) mass is 256 g/mol. The lowest BCUT2D eigenvalue weighted by atomic mass is 9.99. The first-order valence-electron chi connectivity index (χ1n) is 6.21. The summed E-state index contributed by atoms with van der Waals surface area (Å²) in [6.07, 6.45) is 1.29. The number of hydrogen-bond acceptors (Lipinski definition) is 3. The van der Waals surface area contributed by atoms with E-state index >= 15 is 0 Å². The summed E-state index contributed by atoms with van der Waals surface area (Å²) in [5.74, 6) is 0. The maximum atomic E-state index is 10.9. The first-order valence-corrected chi connectivity index (χ1v) is 6.21. The third-order valence-electron chi connectivity index (χ3n) is 3.14. The molecular formula is C15H16N2O2. The fourth-order valence-corrected chi connectivity index (χ4v) is 2.08. The fraction of sp³-hybridized carbons (Fsp3) is 0.200. The Morgan fingerprint density at radius 2 is 1.68 bits per heavy atom. The van der Waals surface area contributed by atoms with E-state index in [1.807, 2.05) is 36.4 Å². The van der Waals surface area contributed by atoms with Crippen molar-refractivity contribution < 1.29 is 4.92 Å². The van der Waals surface area contributed by atoms with Gasteiger partial charge in [-0.1, -0.05) is 48.5 Å². The van der Waals surface area contributed by atoms with E-state index in [1.165, 1.54) is 6.07 Å². The van der Waals surface area contributed by atoms with Gasteiger partial charge in [0.05, 0.1) is 4.92 Å².